The molecular weight excluding hydrogens is 227 g/mol. The highest BCUT2D eigenvalue weighted by atomic mass is 19.1. The monoisotopic (exact) mass is 242 g/mol. The lowest BCUT2D eigenvalue weighted by molar-refractivity contribution is -0.124. The molecule has 2 N–H and O–H groups in total. The number of rotatable bonds is 4. The second kappa shape index (κ2) is 5.56. The number of imide groups is 2. The number of hydrogen-bond donors (Lipinski definition) is 2. The van der Waals surface area contributed by atoms with Gasteiger partial charge in [-0.15, -0.1) is 0 Å². The fourth-order valence-corrected chi connectivity index (χ4v) is 1.62. The molecular formula is C11H15FN2O3. The first kappa shape index (κ1) is 13.3. The summed E-state index contributed by atoms with van der Waals surface area (Å²) in [5.41, 5.74) is -0.201. The molecule has 0 aliphatic carbocycles. The Morgan fingerprint density at radius 2 is 1.76 bits per heavy atom. The van der Waals surface area contributed by atoms with E-state index in [1.54, 1.807) is 0 Å². The van der Waals surface area contributed by atoms with Gasteiger partial charge in [0.15, 0.2) is 0 Å². The molecule has 2 atom stereocenters. The zero-order valence-corrected chi connectivity index (χ0v) is 9.75. The fraction of sp³-hybridized carbons (Fsp3) is 0.545. The molecule has 1 aliphatic heterocycles. The van der Waals surface area contributed by atoms with Crippen molar-refractivity contribution in [2.24, 2.45) is 5.92 Å². The molecule has 2 unspecified atom stereocenters. The third-order valence-electron chi connectivity index (χ3n) is 2.54. The second-order valence-corrected chi connectivity index (χ2v) is 3.95. The van der Waals surface area contributed by atoms with Crippen molar-refractivity contribution >= 4 is 17.8 Å². The van der Waals surface area contributed by atoms with Crippen LogP contribution in [-0.2, 0) is 9.59 Å². The van der Waals surface area contributed by atoms with Gasteiger partial charge in [0.1, 0.15) is 11.7 Å². The Balaban J connectivity index is 2.91. The van der Waals surface area contributed by atoms with Gasteiger partial charge in [-0.3, -0.25) is 20.2 Å². The average Bonchev–Trinajstić information content (AvgIpc) is 2.21. The summed E-state index contributed by atoms with van der Waals surface area (Å²) in [6.45, 7) is 3.26. The number of carbonyl (C=O) groups is 3. The zero-order valence-electron chi connectivity index (χ0n) is 9.75. The highest BCUT2D eigenvalue weighted by molar-refractivity contribution is 6.28. The van der Waals surface area contributed by atoms with E-state index in [9.17, 15) is 18.8 Å². The van der Waals surface area contributed by atoms with E-state index in [1.807, 2.05) is 17.6 Å². The highest BCUT2D eigenvalue weighted by Gasteiger charge is 2.29. The van der Waals surface area contributed by atoms with E-state index in [2.05, 4.69) is 0 Å². The molecule has 1 aliphatic rings. The van der Waals surface area contributed by atoms with Crippen molar-refractivity contribution in [3.05, 3.63) is 11.6 Å². The summed E-state index contributed by atoms with van der Waals surface area (Å²) in [5, 5.41) is 3.89. The van der Waals surface area contributed by atoms with Crippen LogP contribution in [-0.4, -0.2) is 24.0 Å². The van der Waals surface area contributed by atoms with E-state index >= 15 is 0 Å². The maximum atomic E-state index is 13.3. The van der Waals surface area contributed by atoms with Crippen LogP contribution in [0.4, 0.5) is 9.18 Å². The van der Waals surface area contributed by atoms with Gasteiger partial charge in [-0.2, -0.15) is 0 Å². The number of halogens is 1. The number of amides is 4. The molecule has 0 spiro atoms. The van der Waals surface area contributed by atoms with Crippen molar-refractivity contribution in [1.82, 2.24) is 10.6 Å². The predicted molar refractivity (Wildman–Crippen MR) is 58.7 cm³/mol. The molecule has 4 amide bonds. The third kappa shape index (κ3) is 3.37. The molecule has 1 rings (SSSR count). The molecule has 6 heteroatoms. The number of barbiturate groups is 1. The smallest absolute Gasteiger partial charge is 0.273 e. The summed E-state index contributed by atoms with van der Waals surface area (Å²) in [7, 11) is 0. The van der Waals surface area contributed by atoms with E-state index in [0.717, 1.165) is 6.42 Å². The largest absolute Gasteiger partial charge is 0.328 e. The van der Waals surface area contributed by atoms with Crippen LogP contribution in [0.3, 0.4) is 0 Å². The number of alkyl halides is 1. The van der Waals surface area contributed by atoms with Crippen molar-refractivity contribution in [2.45, 2.75) is 32.9 Å². The van der Waals surface area contributed by atoms with Crippen LogP contribution in [0.15, 0.2) is 11.6 Å². The summed E-state index contributed by atoms with van der Waals surface area (Å²) in [6, 6.07) is -0.850. The van der Waals surface area contributed by atoms with Crippen LogP contribution in [0.1, 0.15) is 26.7 Å². The molecule has 17 heavy (non-hydrogen) atoms. The Morgan fingerprint density at radius 1 is 1.24 bits per heavy atom. The van der Waals surface area contributed by atoms with Crippen molar-refractivity contribution < 1.29 is 18.8 Å². The van der Waals surface area contributed by atoms with E-state index < -0.39 is 29.9 Å². The van der Waals surface area contributed by atoms with Crippen molar-refractivity contribution in [3.63, 3.8) is 0 Å². The minimum Gasteiger partial charge on any atom is -0.273 e. The van der Waals surface area contributed by atoms with E-state index in [4.69, 9.17) is 0 Å². The van der Waals surface area contributed by atoms with Gasteiger partial charge in [-0.25, -0.2) is 9.18 Å². The van der Waals surface area contributed by atoms with Gasteiger partial charge in [0.2, 0.25) is 0 Å². The number of hydrogen-bond acceptors (Lipinski definition) is 3. The average molecular weight is 242 g/mol. The van der Waals surface area contributed by atoms with Gasteiger partial charge in [-0.1, -0.05) is 19.4 Å². The second-order valence-electron chi connectivity index (χ2n) is 3.95. The van der Waals surface area contributed by atoms with E-state index in [1.165, 1.54) is 13.0 Å². The molecule has 0 radical (unpaired) electrons. The summed E-state index contributed by atoms with van der Waals surface area (Å²) < 4.78 is 13.3. The summed E-state index contributed by atoms with van der Waals surface area (Å²) in [5.74, 6) is -2.05. The normalized spacial score (nSPS) is 19.5. The maximum absolute atomic E-state index is 13.3. The molecule has 0 aromatic carbocycles. The van der Waals surface area contributed by atoms with Crippen molar-refractivity contribution in [2.75, 3.05) is 0 Å². The van der Waals surface area contributed by atoms with E-state index in [-0.39, 0.29) is 5.57 Å². The molecule has 0 bridgehead atoms. The Bertz CT molecular complexity index is 355. The predicted octanol–water partition coefficient (Wildman–Crippen LogP) is 1.05. The van der Waals surface area contributed by atoms with Crippen LogP contribution in [0, 0.1) is 5.92 Å². The van der Waals surface area contributed by atoms with Crippen LogP contribution in [0.25, 0.3) is 0 Å². The lowest BCUT2D eigenvalue weighted by atomic mass is 9.95. The van der Waals surface area contributed by atoms with Crippen LogP contribution < -0.4 is 10.6 Å². The molecule has 0 aromatic heterocycles. The molecule has 1 fully saturated rings. The first-order valence-electron chi connectivity index (χ1n) is 5.48. The standard InChI is InChI=1S/C11H15FN2O3/c1-3-4-7(6(2)12)5-8-9(15)13-11(17)14-10(8)16/h5-7H,3-4H2,1-2H3,(H2,13,14,15,16,17). The van der Waals surface area contributed by atoms with Crippen LogP contribution >= 0.6 is 0 Å². The van der Waals surface area contributed by atoms with Crippen LogP contribution in [0.2, 0.25) is 0 Å². The van der Waals surface area contributed by atoms with Gasteiger partial charge in [0.25, 0.3) is 11.8 Å². The lowest BCUT2D eigenvalue weighted by Gasteiger charge is -2.18. The lowest BCUT2D eigenvalue weighted by Crippen LogP contribution is -2.51. The van der Waals surface area contributed by atoms with E-state index in [0.29, 0.717) is 6.42 Å². The SMILES string of the molecule is CCCC(C=C1C(=O)NC(=O)NC1=O)C(C)F. The number of nitrogens with one attached hydrogen (secondary N) is 2. The number of carbonyl (C=O) groups excluding carboxylic acids is 3. The Hall–Kier alpha value is -1.72. The molecule has 0 aromatic rings. The van der Waals surface area contributed by atoms with Gasteiger partial charge >= 0.3 is 6.03 Å². The fourth-order valence-electron chi connectivity index (χ4n) is 1.62. The highest BCUT2D eigenvalue weighted by Crippen LogP contribution is 2.18. The quantitative estimate of drug-likeness (QED) is 0.571. The third-order valence-corrected chi connectivity index (χ3v) is 2.54. The van der Waals surface area contributed by atoms with Crippen molar-refractivity contribution in [1.29, 1.82) is 0 Å². The van der Waals surface area contributed by atoms with Crippen molar-refractivity contribution in [3.8, 4) is 0 Å². The minimum atomic E-state index is -1.15. The topological polar surface area (TPSA) is 75.3 Å². The Labute approximate surface area is 98.4 Å². The first-order valence-corrected chi connectivity index (χ1v) is 5.48. The zero-order chi connectivity index (χ0) is 13.0. The molecule has 5 nitrogen and oxygen atoms in total. The summed E-state index contributed by atoms with van der Waals surface area (Å²) in [6.07, 6.45) is 1.42. The Morgan fingerprint density at radius 3 is 2.18 bits per heavy atom. The van der Waals surface area contributed by atoms with Gasteiger partial charge < -0.3 is 0 Å². The summed E-state index contributed by atoms with van der Waals surface area (Å²) >= 11 is 0. The van der Waals surface area contributed by atoms with Crippen LogP contribution in [0.5, 0.6) is 0 Å². The number of urea groups is 1. The molecule has 0 saturated carbocycles. The first-order chi connectivity index (χ1) is 7.95. The summed E-state index contributed by atoms with van der Waals surface area (Å²) in [4.78, 5) is 33.6. The Kier molecular flexibility index (Phi) is 4.37. The minimum absolute atomic E-state index is 0.201. The number of allylic oxidation sites excluding steroid dienone is 1. The molecule has 1 saturated heterocycles. The van der Waals surface area contributed by atoms with Gasteiger partial charge in [0, 0.05) is 5.92 Å². The molecule has 94 valence electrons. The molecule has 1 heterocycles. The van der Waals surface area contributed by atoms with Gasteiger partial charge in [0.05, 0.1) is 0 Å². The van der Waals surface area contributed by atoms with Gasteiger partial charge in [-0.05, 0) is 13.3 Å². The maximum Gasteiger partial charge on any atom is 0.328 e.